The monoisotopic (exact) mass is 420 g/mol. The summed E-state index contributed by atoms with van der Waals surface area (Å²) in [6.45, 7) is 2.46. The number of benzene rings is 1. The van der Waals surface area contributed by atoms with Crippen molar-refractivity contribution >= 4 is 38.2 Å². The first-order valence-corrected chi connectivity index (χ1v) is 10.6. The Labute approximate surface area is 176 Å². The average molecular weight is 420 g/mol. The zero-order chi connectivity index (χ0) is 20.8. The van der Waals surface area contributed by atoms with Gasteiger partial charge in [0.2, 0.25) is 5.91 Å². The van der Waals surface area contributed by atoms with E-state index in [1.54, 1.807) is 35.5 Å². The molecule has 8 heteroatoms. The van der Waals surface area contributed by atoms with Crippen molar-refractivity contribution in [2.45, 2.75) is 25.9 Å². The van der Waals surface area contributed by atoms with Crippen molar-refractivity contribution < 1.29 is 9.53 Å². The number of hydrogen-bond donors (Lipinski definition) is 1. The number of fused-ring (bicyclic) bond motifs is 2. The maximum atomic E-state index is 12.8. The summed E-state index contributed by atoms with van der Waals surface area (Å²) in [5.74, 6) is 1.20. The maximum absolute atomic E-state index is 12.8. The number of ether oxygens (including phenoxy) is 1. The molecule has 1 N–H and O–H groups in total. The molecule has 0 saturated carbocycles. The van der Waals surface area contributed by atoms with Gasteiger partial charge in [0.05, 0.1) is 17.4 Å². The molecule has 1 saturated heterocycles. The molecule has 5 rings (SSSR count). The molecule has 4 heterocycles. The lowest BCUT2D eigenvalue weighted by Crippen LogP contribution is -2.42. The molecule has 3 aromatic heterocycles. The highest BCUT2D eigenvalue weighted by Crippen LogP contribution is 2.27. The quantitative estimate of drug-likeness (QED) is 0.548. The number of piperidine rings is 1. The molecule has 7 nitrogen and oxygen atoms in total. The van der Waals surface area contributed by atoms with E-state index in [4.69, 9.17) is 4.74 Å². The number of aromatic nitrogens is 3. The molecule has 1 aromatic carbocycles. The summed E-state index contributed by atoms with van der Waals surface area (Å²) in [6.07, 6.45) is 2.85. The van der Waals surface area contributed by atoms with Crippen LogP contribution in [0.2, 0.25) is 0 Å². The number of hydrogen-bond acceptors (Lipinski definition) is 6. The van der Waals surface area contributed by atoms with E-state index in [1.165, 1.54) is 0 Å². The third kappa shape index (κ3) is 3.33. The van der Waals surface area contributed by atoms with Gasteiger partial charge in [-0.3, -0.25) is 14.6 Å². The van der Waals surface area contributed by atoms with Crippen LogP contribution in [-0.4, -0.2) is 45.5 Å². The van der Waals surface area contributed by atoms with E-state index in [1.807, 2.05) is 30.5 Å². The molecular weight excluding hydrogens is 400 g/mol. The Morgan fingerprint density at radius 3 is 2.97 bits per heavy atom. The minimum Gasteiger partial charge on any atom is -0.489 e. The lowest BCUT2D eigenvalue weighted by Gasteiger charge is -2.30. The van der Waals surface area contributed by atoms with Crippen molar-refractivity contribution in [2.75, 3.05) is 13.6 Å². The zero-order valence-electron chi connectivity index (χ0n) is 16.6. The van der Waals surface area contributed by atoms with Gasteiger partial charge in [0.1, 0.15) is 17.5 Å². The van der Waals surface area contributed by atoms with Crippen molar-refractivity contribution in [3.8, 4) is 17.3 Å². The van der Waals surface area contributed by atoms with Crippen molar-refractivity contribution in [1.82, 2.24) is 19.9 Å². The molecular formula is C22H20N4O3S. The summed E-state index contributed by atoms with van der Waals surface area (Å²) in [6, 6.07) is 7.58. The zero-order valence-corrected chi connectivity index (χ0v) is 17.5. The number of carbonyl (C=O) groups is 1. The highest BCUT2D eigenvalue weighted by Gasteiger charge is 2.24. The van der Waals surface area contributed by atoms with Gasteiger partial charge in [-0.15, -0.1) is 11.3 Å². The summed E-state index contributed by atoms with van der Waals surface area (Å²) < 4.78 is 7.18. The van der Waals surface area contributed by atoms with Crippen LogP contribution >= 0.6 is 11.3 Å². The summed E-state index contributed by atoms with van der Waals surface area (Å²) >= 11 is 1.62. The predicted molar refractivity (Wildman–Crippen MR) is 117 cm³/mol. The number of aromatic amines is 1. The largest absolute Gasteiger partial charge is 0.489 e. The Kier molecular flexibility index (Phi) is 4.51. The Morgan fingerprint density at radius 1 is 1.27 bits per heavy atom. The molecule has 1 aliphatic rings. The Bertz CT molecular complexity index is 1340. The first kappa shape index (κ1) is 18.7. The van der Waals surface area contributed by atoms with Crippen LogP contribution in [0.4, 0.5) is 0 Å². The van der Waals surface area contributed by atoms with Crippen LogP contribution < -0.4 is 10.3 Å². The van der Waals surface area contributed by atoms with Crippen LogP contribution in [0, 0.1) is 6.92 Å². The van der Waals surface area contributed by atoms with E-state index in [0.29, 0.717) is 47.6 Å². The highest BCUT2D eigenvalue weighted by molar-refractivity contribution is 7.17. The lowest BCUT2D eigenvalue weighted by atomic mass is 10.1. The number of thiophene rings is 1. The minimum absolute atomic E-state index is 0.0856. The summed E-state index contributed by atoms with van der Waals surface area (Å²) in [5.41, 5.74) is 1.89. The third-order valence-corrected chi connectivity index (χ3v) is 6.32. The lowest BCUT2D eigenvalue weighted by molar-refractivity contribution is -0.134. The number of pyridine rings is 1. The number of nitrogens with one attached hydrogen (secondary N) is 1. The molecule has 30 heavy (non-hydrogen) atoms. The fraction of sp³-hybridized carbons (Fsp3) is 0.273. The van der Waals surface area contributed by atoms with Crippen molar-refractivity contribution in [3.63, 3.8) is 0 Å². The van der Waals surface area contributed by atoms with Gasteiger partial charge in [-0.05, 0) is 48.6 Å². The summed E-state index contributed by atoms with van der Waals surface area (Å²) in [5, 5.41) is 3.56. The third-order valence-electron chi connectivity index (χ3n) is 5.44. The molecule has 1 unspecified atom stereocenters. The molecule has 0 aliphatic carbocycles. The van der Waals surface area contributed by atoms with Gasteiger partial charge in [0, 0.05) is 29.8 Å². The number of aryl methyl sites for hydroxylation is 1. The molecule has 4 aromatic rings. The molecule has 1 aliphatic heterocycles. The van der Waals surface area contributed by atoms with E-state index < -0.39 is 0 Å². The molecule has 0 radical (unpaired) electrons. The maximum Gasteiger partial charge on any atom is 0.259 e. The fourth-order valence-electron chi connectivity index (χ4n) is 3.82. The van der Waals surface area contributed by atoms with Crippen LogP contribution in [0.25, 0.3) is 32.5 Å². The molecule has 152 valence electrons. The molecule has 1 amide bonds. The normalized spacial score (nSPS) is 17.1. The van der Waals surface area contributed by atoms with E-state index >= 15 is 0 Å². The van der Waals surface area contributed by atoms with Crippen molar-refractivity contribution in [3.05, 3.63) is 51.8 Å². The van der Waals surface area contributed by atoms with Gasteiger partial charge < -0.3 is 14.6 Å². The minimum atomic E-state index is -0.229. The number of likely N-dealkylation sites (N-methyl/N-ethyl adjacent to an activating group) is 1. The molecule has 0 spiro atoms. The van der Waals surface area contributed by atoms with Gasteiger partial charge in [-0.25, -0.2) is 4.98 Å². The van der Waals surface area contributed by atoms with Crippen LogP contribution in [0.1, 0.15) is 18.4 Å². The second-order valence-corrected chi connectivity index (χ2v) is 8.58. The van der Waals surface area contributed by atoms with Crippen LogP contribution in [0.15, 0.2) is 40.6 Å². The first-order valence-electron chi connectivity index (χ1n) is 9.77. The number of carbonyl (C=O) groups excluding carboxylic acids is 1. The predicted octanol–water partition coefficient (Wildman–Crippen LogP) is 3.51. The van der Waals surface area contributed by atoms with Gasteiger partial charge in [0.15, 0.2) is 5.82 Å². The summed E-state index contributed by atoms with van der Waals surface area (Å²) in [7, 11) is 1.78. The van der Waals surface area contributed by atoms with E-state index in [2.05, 4.69) is 15.0 Å². The topological polar surface area (TPSA) is 88.2 Å². The van der Waals surface area contributed by atoms with E-state index in [-0.39, 0.29) is 17.6 Å². The fourth-order valence-corrected chi connectivity index (χ4v) is 4.62. The SMILES string of the molecule is Cc1cc(OC2CCC(=O)N(C)C2)cc2c(=O)[nH]c(-c3cc4sccc4cn3)nc12. The number of H-pyrrole nitrogens is 1. The standard InChI is InChI=1S/C22H20N4O3S/c1-12-7-15(29-14-3-4-19(27)26(2)11-14)8-16-20(12)24-21(25-22(16)28)17-9-18-13(10-23-17)5-6-30-18/h5-10,14H,3-4,11H2,1-2H3,(H,24,25,28). The Hall–Kier alpha value is -3.26. The van der Waals surface area contributed by atoms with Crippen LogP contribution in [0.5, 0.6) is 5.75 Å². The summed E-state index contributed by atoms with van der Waals surface area (Å²) in [4.78, 5) is 38.2. The van der Waals surface area contributed by atoms with Gasteiger partial charge in [0.25, 0.3) is 5.56 Å². The molecule has 1 atom stereocenters. The Balaban J connectivity index is 1.51. The first-order chi connectivity index (χ1) is 14.5. The van der Waals surface area contributed by atoms with Gasteiger partial charge >= 0.3 is 0 Å². The Morgan fingerprint density at radius 2 is 2.13 bits per heavy atom. The van der Waals surface area contributed by atoms with Gasteiger partial charge in [-0.1, -0.05) is 0 Å². The number of nitrogens with zero attached hydrogens (tertiary/aromatic N) is 3. The van der Waals surface area contributed by atoms with E-state index in [0.717, 1.165) is 15.6 Å². The average Bonchev–Trinajstić information content (AvgIpc) is 3.19. The van der Waals surface area contributed by atoms with Crippen LogP contribution in [-0.2, 0) is 4.79 Å². The van der Waals surface area contributed by atoms with Crippen molar-refractivity contribution in [1.29, 1.82) is 0 Å². The number of likely N-dealkylation sites (tertiary alicyclic amines) is 1. The smallest absolute Gasteiger partial charge is 0.259 e. The highest BCUT2D eigenvalue weighted by atomic mass is 32.1. The number of amides is 1. The van der Waals surface area contributed by atoms with Gasteiger partial charge in [-0.2, -0.15) is 0 Å². The second-order valence-electron chi connectivity index (χ2n) is 7.63. The second kappa shape index (κ2) is 7.21. The number of rotatable bonds is 3. The van der Waals surface area contributed by atoms with Crippen molar-refractivity contribution in [2.24, 2.45) is 0 Å². The molecule has 0 bridgehead atoms. The van der Waals surface area contributed by atoms with Crippen LogP contribution in [0.3, 0.4) is 0 Å². The molecule has 1 fully saturated rings. The van der Waals surface area contributed by atoms with E-state index in [9.17, 15) is 9.59 Å².